The number of carbonyl (C=O) groups is 2. The molecule has 4 heterocycles. The van der Waals surface area contributed by atoms with Gasteiger partial charge >= 0.3 is 0 Å². The molecular formula is C29H29N7O5. The summed E-state index contributed by atoms with van der Waals surface area (Å²) in [6.45, 7) is 1.63. The summed E-state index contributed by atoms with van der Waals surface area (Å²) in [5.41, 5.74) is 1.71. The quantitative estimate of drug-likeness (QED) is 0.348. The molecule has 1 N–H and O–H groups in total. The van der Waals surface area contributed by atoms with E-state index in [1.165, 1.54) is 6.33 Å². The fourth-order valence-corrected chi connectivity index (χ4v) is 4.94. The molecular weight excluding hydrogens is 526 g/mol. The molecule has 2 aliphatic rings. The Bertz CT molecular complexity index is 1530. The first-order valence-electron chi connectivity index (χ1n) is 13.2. The second-order valence-electron chi connectivity index (χ2n) is 9.68. The highest BCUT2D eigenvalue weighted by Gasteiger charge is 2.36. The van der Waals surface area contributed by atoms with Gasteiger partial charge in [0.25, 0.3) is 0 Å². The molecule has 4 aromatic rings. The molecule has 0 radical (unpaired) electrons. The molecule has 210 valence electrons. The van der Waals surface area contributed by atoms with E-state index in [-0.39, 0.29) is 31.6 Å². The Kier molecular flexibility index (Phi) is 7.35. The zero-order valence-corrected chi connectivity index (χ0v) is 22.5. The molecule has 12 nitrogen and oxygen atoms in total. The Hall–Kier alpha value is -5.13. The predicted molar refractivity (Wildman–Crippen MR) is 148 cm³/mol. The third-order valence-corrected chi connectivity index (χ3v) is 7.15. The highest BCUT2D eigenvalue weighted by atomic mass is 16.7. The monoisotopic (exact) mass is 555 g/mol. The number of nitrogens with zero attached hydrogens (tertiary/aromatic N) is 6. The third-order valence-electron chi connectivity index (χ3n) is 7.15. The first kappa shape index (κ1) is 26.1. The zero-order chi connectivity index (χ0) is 28.2. The van der Waals surface area contributed by atoms with Crippen molar-refractivity contribution < 1.29 is 23.8 Å². The fraction of sp³-hybridized carbons (Fsp3) is 0.276. The van der Waals surface area contributed by atoms with Gasteiger partial charge in [0.15, 0.2) is 11.5 Å². The van der Waals surface area contributed by atoms with E-state index in [9.17, 15) is 9.59 Å². The second kappa shape index (κ2) is 11.5. The maximum atomic E-state index is 13.6. The van der Waals surface area contributed by atoms with Crippen LogP contribution < -0.4 is 24.4 Å². The molecule has 2 aromatic heterocycles. The van der Waals surface area contributed by atoms with Gasteiger partial charge in [-0.15, -0.1) is 0 Å². The summed E-state index contributed by atoms with van der Waals surface area (Å²) >= 11 is 0. The van der Waals surface area contributed by atoms with Crippen LogP contribution in [0.3, 0.4) is 0 Å². The molecule has 0 spiro atoms. The average Bonchev–Trinajstić information content (AvgIpc) is 3.72. The number of hydrogen-bond acceptors (Lipinski definition) is 9. The molecule has 0 bridgehead atoms. The summed E-state index contributed by atoms with van der Waals surface area (Å²) < 4.78 is 17.9. The lowest BCUT2D eigenvalue weighted by atomic mass is 10.1. The van der Waals surface area contributed by atoms with Crippen molar-refractivity contribution in [3.05, 3.63) is 84.7 Å². The number of fused-ring (bicyclic) bond motifs is 1. The van der Waals surface area contributed by atoms with Gasteiger partial charge in [0.05, 0.1) is 13.5 Å². The van der Waals surface area contributed by atoms with Gasteiger partial charge in [0, 0.05) is 44.6 Å². The highest BCUT2D eigenvalue weighted by Crippen LogP contribution is 2.33. The molecule has 41 heavy (non-hydrogen) atoms. The summed E-state index contributed by atoms with van der Waals surface area (Å²) in [4.78, 5) is 43.7. The summed E-state index contributed by atoms with van der Waals surface area (Å²) in [7, 11) is 1.61. The lowest BCUT2D eigenvalue weighted by molar-refractivity contribution is -0.140. The molecule has 1 fully saturated rings. The summed E-state index contributed by atoms with van der Waals surface area (Å²) in [5, 5.41) is 3.01. The van der Waals surface area contributed by atoms with Crippen LogP contribution in [0.1, 0.15) is 11.1 Å². The SMILES string of the molecule is COc1ccc(CNC(=O)C2CN(c3cc(-n4ccnc4)ncn3)CCN2C(=O)Cc2ccc3c(c2)OCO3)cc1. The van der Waals surface area contributed by atoms with Gasteiger partial charge < -0.3 is 29.3 Å². The maximum absolute atomic E-state index is 13.6. The molecule has 1 atom stereocenters. The van der Waals surface area contributed by atoms with E-state index in [2.05, 4.69) is 20.3 Å². The topological polar surface area (TPSA) is 124 Å². The summed E-state index contributed by atoms with van der Waals surface area (Å²) in [6, 6.07) is 14.1. The van der Waals surface area contributed by atoms with E-state index < -0.39 is 6.04 Å². The molecule has 12 heteroatoms. The number of carbonyl (C=O) groups excluding carboxylic acids is 2. The fourth-order valence-electron chi connectivity index (χ4n) is 4.94. The van der Waals surface area contributed by atoms with Gasteiger partial charge in [-0.05, 0) is 35.4 Å². The lowest BCUT2D eigenvalue weighted by Gasteiger charge is -2.41. The normalized spacial score (nSPS) is 16.0. The number of imidazole rings is 1. The number of hydrogen-bond donors (Lipinski definition) is 1. The number of aromatic nitrogens is 4. The van der Waals surface area contributed by atoms with Crippen molar-refractivity contribution in [3.63, 3.8) is 0 Å². The number of methoxy groups -OCH3 is 1. The van der Waals surface area contributed by atoms with Crippen LogP contribution in [0.2, 0.25) is 0 Å². The van der Waals surface area contributed by atoms with Crippen molar-refractivity contribution in [3.8, 4) is 23.1 Å². The average molecular weight is 556 g/mol. The smallest absolute Gasteiger partial charge is 0.244 e. The molecule has 2 aromatic carbocycles. The largest absolute Gasteiger partial charge is 0.497 e. The molecule has 1 saturated heterocycles. The number of nitrogens with one attached hydrogen (secondary N) is 1. The van der Waals surface area contributed by atoms with E-state index in [0.29, 0.717) is 42.8 Å². The molecule has 2 amide bonds. The van der Waals surface area contributed by atoms with Crippen molar-refractivity contribution in [1.82, 2.24) is 29.7 Å². The first-order chi connectivity index (χ1) is 20.1. The lowest BCUT2D eigenvalue weighted by Crippen LogP contribution is -2.61. The standard InChI is InChI=1S/C29H29N7O5/c1-39-22-5-2-20(3-6-22)15-31-29(38)23-16-34(26-14-27(33-17-32-26)35-9-8-30-18-35)10-11-36(23)28(37)13-21-4-7-24-25(12-21)41-19-40-24/h2-9,12,14,17-18,23H,10-11,13,15-16,19H2,1H3,(H,31,38). The minimum absolute atomic E-state index is 0.136. The number of amides is 2. The van der Waals surface area contributed by atoms with Gasteiger partial charge in [0.1, 0.15) is 36.1 Å². The molecule has 0 saturated carbocycles. The molecule has 2 aliphatic heterocycles. The minimum atomic E-state index is -0.727. The van der Waals surface area contributed by atoms with Crippen LogP contribution in [0.5, 0.6) is 17.2 Å². The summed E-state index contributed by atoms with van der Waals surface area (Å²) in [5.74, 6) is 2.96. The Labute approximate surface area is 236 Å². The van der Waals surface area contributed by atoms with E-state index in [1.807, 2.05) is 47.4 Å². The van der Waals surface area contributed by atoms with Crippen molar-refractivity contribution in [2.45, 2.75) is 19.0 Å². The van der Waals surface area contributed by atoms with Crippen molar-refractivity contribution in [2.75, 3.05) is 38.4 Å². The number of piperazine rings is 1. The van der Waals surface area contributed by atoms with E-state index in [0.717, 1.165) is 16.9 Å². The van der Waals surface area contributed by atoms with Crippen LogP contribution >= 0.6 is 0 Å². The van der Waals surface area contributed by atoms with Gasteiger partial charge in [-0.2, -0.15) is 0 Å². The van der Waals surface area contributed by atoms with Gasteiger partial charge in [0.2, 0.25) is 18.6 Å². The highest BCUT2D eigenvalue weighted by molar-refractivity contribution is 5.89. The van der Waals surface area contributed by atoms with Gasteiger partial charge in [-0.25, -0.2) is 15.0 Å². The number of benzene rings is 2. The van der Waals surface area contributed by atoms with Crippen molar-refractivity contribution in [2.24, 2.45) is 0 Å². The number of ether oxygens (including phenoxy) is 3. The van der Waals surface area contributed by atoms with Crippen LogP contribution in [-0.2, 0) is 22.6 Å². The predicted octanol–water partition coefficient (Wildman–Crippen LogP) is 1.98. The second-order valence-corrected chi connectivity index (χ2v) is 9.68. The number of rotatable bonds is 8. The number of anilines is 1. The first-order valence-corrected chi connectivity index (χ1v) is 13.2. The van der Waals surface area contributed by atoms with Crippen molar-refractivity contribution >= 4 is 17.6 Å². The van der Waals surface area contributed by atoms with Gasteiger partial charge in [-0.1, -0.05) is 18.2 Å². The van der Waals surface area contributed by atoms with E-state index in [1.54, 1.807) is 41.4 Å². The van der Waals surface area contributed by atoms with Crippen LogP contribution in [-0.4, -0.2) is 75.8 Å². The van der Waals surface area contributed by atoms with Crippen LogP contribution in [0.15, 0.2) is 73.6 Å². The Morgan fingerprint density at radius 2 is 1.80 bits per heavy atom. The van der Waals surface area contributed by atoms with Crippen LogP contribution in [0, 0.1) is 0 Å². The van der Waals surface area contributed by atoms with E-state index in [4.69, 9.17) is 14.2 Å². The third kappa shape index (κ3) is 5.76. The van der Waals surface area contributed by atoms with Crippen LogP contribution in [0.4, 0.5) is 5.82 Å². The zero-order valence-electron chi connectivity index (χ0n) is 22.5. The van der Waals surface area contributed by atoms with Crippen molar-refractivity contribution in [1.29, 1.82) is 0 Å². The molecule has 0 aliphatic carbocycles. The molecule has 6 rings (SSSR count). The maximum Gasteiger partial charge on any atom is 0.244 e. The Balaban J connectivity index is 1.20. The minimum Gasteiger partial charge on any atom is -0.497 e. The van der Waals surface area contributed by atoms with Crippen LogP contribution in [0.25, 0.3) is 5.82 Å². The van der Waals surface area contributed by atoms with E-state index >= 15 is 0 Å². The van der Waals surface area contributed by atoms with Gasteiger partial charge in [-0.3, -0.25) is 14.2 Å². The summed E-state index contributed by atoms with van der Waals surface area (Å²) in [6.07, 6.45) is 6.76. The molecule has 1 unspecified atom stereocenters. The Morgan fingerprint density at radius 3 is 2.61 bits per heavy atom. The Morgan fingerprint density at radius 1 is 1.00 bits per heavy atom.